The van der Waals surface area contributed by atoms with Crippen LogP contribution in [-0.4, -0.2) is 5.78 Å². The van der Waals surface area contributed by atoms with Crippen LogP contribution in [0, 0.1) is 17.2 Å². The molecule has 2 nitrogen and oxygen atoms in total. The van der Waals surface area contributed by atoms with E-state index >= 15 is 0 Å². The molecule has 17 heavy (non-hydrogen) atoms. The van der Waals surface area contributed by atoms with Crippen molar-refractivity contribution in [2.24, 2.45) is 5.92 Å². The van der Waals surface area contributed by atoms with Gasteiger partial charge in [0.15, 0.2) is 5.78 Å². The van der Waals surface area contributed by atoms with Gasteiger partial charge in [0.1, 0.15) is 0 Å². The second-order valence-corrected chi connectivity index (χ2v) is 4.51. The highest BCUT2D eigenvalue weighted by molar-refractivity contribution is 6.30. The van der Waals surface area contributed by atoms with Crippen LogP contribution in [0.2, 0.25) is 5.02 Å². The number of hydrogen-bond donors (Lipinski definition) is 0. The smallest absolute Gasteiger partial charge is 0.166 e. The van der Waals surface area contributed by atoms with Crippen LogP contribution >= 0.6 is 11.6 Å². The van der Waals surface area contributed by atoms with Crippen LogP contribution in [0.15, 0.2) is 24.3 Å². The number of Topliss-reactive ketones (excluding diaryl/α,β-unsaturated/α-hetero) is 1. The predicted molar refractivity (Wildman–Crippen MR) is 69.0 cm³/mol. The molecule has 1 aromatic carbocycles. The molecule has 0 aliphatic heterocycles. The van der Waals surface area contributed by atoms with Crippen LogP contribution in [0.5, 0.6) is 0 Å². The average molecular weight is 250 g/mol. The Labute approximate surface area is 107 Å². The summed E-state index contributed by atoms with van der Waals surface area (Å²) in [5.74, 6) is -0.127. The van der Waals surface area contributed by atoms with Crippen LogP contribution in [0.25, 0.3) is 0 Å². The molecule has 90 valence electrons. The van der Waals surface area contributed by atoms with Crippen molar-refractivity contribution in [2.45, 2.75) is 32.6 Å². The standard InChI is InChI=1S/C14H16ClNO/c1-2-3-4-11(9-10-16)14(17)12-5-7-13(15)8-6-12/h5-8,11H,2-4,9H2,1H3. The highest BCUT2D eigenvalue weighted by Gasteiger charge is 2.19. The van der Waals surface area contributed by atoms with Gasteiger partial charge in [-0.3, -0.25) is 4.79 Å². The molecule has 0 amide bonds. The van der Waals surface area contributed by atoms with Crippen LogP contribution < -0.4 is 0 Å². The number of carbonyl (C=O) groups is 1. The Morgan fingerprint density at radius 2 is 2.06 bits per heavy atom. The summed E-state index contributed by atoms with van der Waals surface area (Å²) < 4.78 is 0. The largest absolute Gasteiger partial charge is 0.294 e. The van der Waals surface area contributed by atoms with Crippen LogP contribution in [0.1, 0.15) is 43.0 Å². The molecule has 3 heteroatoms. The number of nitriles is 1. The molecule has 0 aromatic heterocycles. The Bertz CT molecular complexity index is 405. The Balaban J connectivity index is 2.76. The molecule has 0 saturated heterocycles. The number of benzene rings is 1. The molecule has 0 heterocycles. The van der Waals surface area contributed by atoms with Crippen molar-refractivity contribution < 1.29 is 4.79 Å². The lowest BCUT2D eigenvalue weighted by atomic mass is 9.90. The van der Waals surface area contributed by atoms with Gasteiger partial charge in [0.05, 0.1) is 6.07 Å². The van der Waals surface area contributed by atoms with E-state index in [1.54, 1.807) is 24.3 Å². The van der Waals surface area contributed by atoms with Gasteiger partial charge in [0, 0.05) is 22.9 Å². The fourth-order valence-electron chi connectivity index (χ4n) is 1.74. The van der Waals surface area contributed by atoms with Gasteiger partial charge in [-0.05, 0) is 30.7 Å². The number of halogens is 1. The lowest BCUT2D eigenvalue weighted by molar-refractivity contribution is 0.0913. The summed E-state index contributed by atoms with van der Waals surface area (Å²) in [6.45, 7) is 2.08. The van der Waals surface area contributed by atoms with Gasteiger partial charge >= 0.3 is 0 Å². The summed E-state index contributed by atoms with van der Waals surface area (Å²) in [5, 5.41) is 9.37. The first-order valence-corrected chi connectivity index (χ1v) is 6.23. The number of carbonyl (C=O) groups excluding carboxylic acids is 1. The third kappa shape index (κ3) is 4.20. The average Bonchev–Trinajstić information content (AvgIpc) is 2.34. The van der Waals surface area contributed by atoms with Crippen LogP contribution in [-0.2, 0) is 0 Å². The molecular formula is C14H16ClNO. The Hall–Kier alpha value is -1.33. The molecular weight excluding hydrogens is 234 g/mol. The first-order chi connectivity index (χ1) is 8.19. The summed E-state index contributed by atoms with van der Waals surface area (Å²) in [7, 11) is 0. The number of rotatable bonds is 6. The summed E-state index contributed by atoms with van der Waals surface area (Å²) in [6, 6.07) is 8.95. The molecule has 1 atom stereocenters. The van der Waals surface area contributed by atoms with Gasteiger partial charge in [-0.15, -0.1) is 0 Å². The zero-order valence-electron chi connectivity index (χ0n) is 9.95. The predicted octanol–water partition coefficient (Wildman–Crippen LogP) is 4.24. The molecule has 0 radical (unpaired) electrons. The van der Waals surface area contributed by atoms with Crippen molar-refractivity contribution in [1.29, 1.82) is 5.26 Å². The fourth-order valence-corrected chi connectivity index (χ4v) is 1.86. The molecule has 0 fully saturated rings. The van der Waals surface area contributed by atoms with Gasteiger partial charge in [0.25, 0.3) is 0 Å². The molecule has 0 N–H and O–H groups in total. The molecule has 0 aliphatic carbocycles. The van der Waals surface area contributed by atoms with Crippen LogP contribution in [0.4, 0.5) is 0 Å². The molecule has 0 saturated carbocycles. The van der Waals surface area contributed by atoms with E-state index in [4.69, 9.17) is 16.9 Å². The van der Waals surface area contributed by atoms with Gasteiger partial charge < -0.3 is 0 Å². The maximum Gasteiger partial charge on any atom is 0.166 e. The highest BCUT2D eigenvalue weighted by atomic mass is 35.5. The maximum atomic E-state index is 12.2. The third-order valence-electron chi connectivity index (χ3n) is 2.74. The number of ketones is 1. The molecule has 1 aromatic rings. The molecule has 0 spiro atoms. The summed E-state index contributed by atoms with van der Waals surface area (Å²) in [4.78, 5) is 12.2. The maximum absolute atomic E-state index is 12.2. The van der Waals surface area contributed by atoms with E-state index in [0.29, 0.717) is 17.0 Å². The second kappa shape index (κ2) is 7.09. The number of hydrogen-bond acceptors (Lipinski definition) is 2. The Kier molecular flexibility index (Phi) is 5.72. The van der Waals surface area contributed by atoms with Crippen molar-refractivity contribution in [3.63, 3.8) is 0 Å². The first kappa shape index (κ1) is 13.7. The Morgan fingerprint density at radius 1 is 1.41 bits per heavy atom. The Morgan fingerprint density at radius 3 is 2.59 bits per heavy atom. The topological polar surface area (TPSA) is 40.9 Å². The summed E-state index contributed by atoms with van der Waals surface area (Å²) >= 11 is 5.78. The van der Waals surface area contributed by atoms with E-state index in [9.17, 15) is 4.79 Å². The van der Waals surface area contributed by atoms with E-state index in [1.807, 2.05) is 0 Å². The molecule has 0 aliphatic rings. The minimum absolute atomic E-state index is 0.0525. The first-order valence-electron chi connectivity index (χ1n) is 5.85. The van der Waals surface area contributed by atoms with Gasteiger partial charge in [-0.1, -0.05) is 31.4 Å². The van der Waals surface area contributed by atoms with E-state index in [-0.39, 0.29) is 11.7 Å². The highest BCUT2D eigenvalue weighted by Crippen LogP contribution is 2.20. The van der Waals surface area contributed by atoms with Crippen molar-refractivity contribution in [3.8, 4) is 6.07 Å². The number of unbranched alkanes of at least 4 members (excludes halogenated alkanes) is 1. The van der Waals surface area contributed by atoms with Gasteiger partial charge in [-0.2, -0.15) is 5.26 Å². The SMILES string of the molecule is CCCCC(CC#N)C(=O)c1ccc(Cl)cc1. The normalized spacial score (nSPS) is 11.8. The van der Waals surface area contributed by atoms with E-state index in [1.165, 1.54) is 0 Å². The van der Waals surface area contributed by atoms with Crippen LogP contribution in [0.3, 0.4) is 0 Å². The fraction of sp³-hybridized carbons (Fsp3) is 0.429. The summed E-state index contributed by atoms with van der Waals surface area (Å²) in [6.07, 6.45) is 3.09. The summed E-state index contributed by atoms with van der Waals surface area (Å²) in [5.41, 5.74) is 0.644. The molecule has 1 unspecified atom stereocenters. The van der Waals surface area contributed by atoms with Gasteiger partial charge in [0.2, 0.25) is 0 Å². The molecule has 1 rings (SSSR count). The van der Waals surface area contributed by atoms with E-state index < -0.39 is 0 Å². The van der Waals surface area contributed by atoms with Crippen molar-refractivity contribution >= 4 is 17.4 Å². The zero-order valence-corrected chi connectivity index (χ0v) is 10.7. The number of nitrogens with zero attached hydrogens (tertiary/aromatic N) is 1. The monoisotopic (exact) mass is 249 g/mol. The quantitative estimate of drug-likeness (QED) is 0.708. The van der Waals surface area contributed by atoms with Gasteiger partial charge in [-0.25, -0.2) is 0 Å². The molecule has 0 bridgehead atoms. The lowest BCUT2D eigenvalue weighted by Gasteiger charge is -2.11. The zero-order chi connectivity index (χ0) is 12.7. The minimum atomic E-state index is -0.180. The van der Waals surface area contributed by atoms with Crippen molar-refractivity contribution in [1.82, 2.24) is 0 Å². The minimum Gasteiger partial charge on any atom is -0.294 e. The third-order valence-corrected chi connectivity index (χ3v) is 3.00. The van der Waals surface area contributed by atoms with E-state index in [0.717, 1.165) is 19.3 Å². The van der Waals surface area contributed by atoms with Crippen molar-refractivity contribution in [2.75, 3.05) is 0 Å². The lowest BCUT2D eigenvalue weighted by Crippen LogP contribution is -2.14. The van der Waals surface area contributed by atoms with E-state index in [2.05, 4.69) is 13.0 Å². The second-order valence-electron chi connectivity index (χ2n) is 4.07. The van der Waals surface area contributed by atoms with Crippen molar-refractivity contribution in [3.05, 3.63) is 34.9 Å².